The summed E-state index contributed by atoms with van der Waals surface area (Å²) in [5, 5.41) is 7.70. The van der Waals surface area contributed by atoms with E-state index in [1.54, 1.807) is 0 Å². The van der Waals surface area contributed by atoms with Crippen LogP contribution in [0.15, 0.2) is 24.3 Å². The summed E-state index contributed by atoms with van der Waals surface area (Å²) in [6.07, 6.45) is 0. The van der Waals surface area contributed by atoms with Crippen LogP contribution in [0.1, 0.15) is 27.7 Å². The van der Waals surface area contributed by atoms with Crippen molar-refractivity contribution >= 4 is 34.6 Å². The first-order valence-corrected chi connectivity index (χ1v) is 6.41. The number of halogens is 1. The van der Waals surface area contributed by atoms with Gasteiger partial charge in [-0.2, -0.15) is 0 Å². The van der Waals surface area contributed by atoms with Gasteiger partial charge in [0.2, 0.25) is 0 Å². The molecule has 0 aliphatic carbocycles. The van der Waals surface area contributed by atoms with Gasteiger partial charge in [-0.1, -0.05) is 38.4 Å². The van der Waals surface area contributed by atoms with E-state index in [-0.39, 0.29) is 5.41 Å². The van der Waals surface area contributed by atoms with Crippen LogP contribution in [0.2, 0.25) is 5.02 Å². The fourth-order valence-electron chi connectivity index (χ4n) is 1.15. The maximum Gasteiger partial charge on any atom is 0.171 e. The second-order valence-corrected chi connectivity index (χ2v) is 6.04. The highest BCUT2D eigenvalue weighted by atomic mass is 35.5. The standard InChI is InChI=1S/C13H19ClN2S/c1-9(13(2,3)4)15-12(17)16-11-7-5-6-10(14)8-11/h5-9H,1-4H3,(H2,15,16,17). The van der Waals surface area contributed by atoms with Crippen molar-refractivity contribution < 1.29 is 0 Å². The number of nitrogens with one attached hydrogen (secondary N) is 2. The quantitative estimate of drug-likeness (QED) is 0.793. The molecule has 0 amide bonds. The van der Waals surface area contributed by atoms with Gasteiger partial charge in [-0.3, -0.25) is 0 Å². The fourth-order valence-corrected chi connectivity index (χ4v) is 1.63. The van der Waals surface area contributed by atoms with Crippen molar-refractivity contribution in [1.82, 2.24) is 5.32 Å². The van der Waals surface area contributed by atoms with Crippen molar-refractivity contribution in [3.05, 3.63) is 29.3 Å². The van der Waals surface area contributed by atoms with Crippen molar-refractivity contribution in [3.8, 4) is 0 Å². The smallest absolute Gasteiger partial charge is 0.171 e. The maximum absolute atomic E-state index is 5.90. The lowest BCUT2D eigenvalue weighted by Gasteiger charge is -2.29. The van der Waals surface area contributed by atoms with E-state index in [9.17, 15) is 0 Å². The van der Waals surface area contributed by atoms with Crippen LogP contribution in [0.5, 0.6) is 0 Å². The molecule has 2 nitrogen and oxygen atoms in total. The third-order valence-electron chi connectivity index (χ3n) is 2.73. The Hall–Kier alpha value is -0.800. The molecule has 0 fully saturated rings. The third-order valence-corrected chi connectivity index (χ3v) is 3.18. The molecule has 17 heavy (non-hydrogen) atoms. The predicted molar refractivity (Wildman–Crippen MR) is 79.7 cm³/mol. The summed E-state index contributed by atoms with van der Waals surface area (Å²) in [6.45, 7) is 8.64. The summed E-state index contributed by atoms with van der Waals surface area (Å²) < 4.78 is 0. The molecule has 0 radical (unpaired) electrons. The minimum Gasteiger partial charge on any atom is -0.359 e. The van der Waals surface area contributed by atoms with E-state index in [0.717, 1.165) is 5.69 Å². The zero-order valence-corrected chi connectivity index (χ0v) is 12.2. The Balaban J connectivity index is 2.56. The molecule has 2 N–H and O–H groups in total. The SMILES string of the molecule is CC(NC(=S)Nc1cccc(Cl)c1)C(C)(C)C. The zero-order valence-electron chi connectivity index (χ0n) is 10.7. The molecule has 0 aromatic heterocycles. The Morgan fingerprint density at radius 2 is 2.00 bits per heavy atom. The van der Waals surface area contributed by atoms with E-state index in [1.165, 1.54) is 0 Å². The van der Waals surface area contributed by atoms with Gasteiger partial charge in [-0.25, -0.2) is 0 Å². The third kappa shape index (κ3) is 4.92. The molecule has 1 aromatic rings. The number of thiocarbonyl (C=S) groups is 1. The van der Waals surface area contributed by atoms with E-state index in [1.807, 2.05) is 24.3 Å². The van der Waals surface area contributed by atoms with Crippen LogP contribution in [-0.4, -0.2) is 11.2 Å². The second kappa shape index (κ2) is 5.69. The van der Waals surface area contributed by atoms with Gasteiger partial charge in [0.15, 0.2) is 5.11 Å². The Bertz CT molecular complexity index is 399. The number of anilines is 1. The lowest BCUT2D eigenvalue weighted by atomic mass is 9.88. The molecule has 1 atom stereocenters. The van der Waals surface area contributed by atoms with Gasteiger partial charge in [0.25, 0.3) is 0 Å². The Kier molecular flexibility index (Phi) is 4.78. The van der Waals surface area contributed by atoms with E-state index in [2.05, 4.69) is 38.3 Å². The molecule has 0 heterocycles. The highest BCUT2D eigenvalue weighted by Crippen LogP contribution is 2.19. The number of hydrogen-bond donors (Lipinski definition) is 2. The first kappa shape index (κ1) is 14.3. The minimum atomic E-state index is 0.167. The molecule has 1 aromatic carbocycles. The normalized spacial score (nSPS) is 13.0. The largest absolute Gasteiger partial charge is 0.359 e. The topological polar surface area (TPSA) is 24.1 Å². The average molecular weight is 271 g/mol. The Morgan fingerprint density at radius 3 is 2.53 bits per heavy atom. The molecule has 94 valence electrons. The van der Waals surface area contributed by atoms with Gasteiger partial charge in [0, 0.05) is 16.8 Å². The van der Waals surface area contributed by atoms with E-state index < -0.39 is 0 Å². The molecular formula is C13H19ClN2S. The molecule has 4 heteroatoms. The summed E-state index contributed by atoms with van der Waals surface area (Å²) in [5.41, 5.74) is 1.07. The summed E-state index contributed by atoms with van der Waals surface area (Å²) in [6, 6.07) is 7.79. The van der Waals surface area contributed by atoms with Gasteiger partial charge in [-0.15, -0.1) is 0 Å². The van der Waals surface area contributed by atoms with Crippen LogP contribution < -0.4 is 10.6 Å². The molecule has 1 rings (SSSR count). The van der Waals surface area contributed by atoms with Crippen LogP contribution in [0.4, 0.5) is 5.69 Å². The summed E-state index contributed by atoms with van der Waals surface area (Å²) in [5.74, 6) is 0. The molecule has 0 spiro atoms. The van der Waals surface area contributed by atoms with Gasteiger partial charge in [-0.05, 0) is 42.8 Å². The average Bonchev–Trinajstić information content (AvgIpc) is 2.15. The summed E-state index contributed by atoms with van der Waals surface area (Å²) in [7, 11) is 0. The fraction of sp³-hybridized carbons (Fsp3) is 0.462. The van der Waals surface area contributed by atoms with E-state index >= 15 is 0 Å². The molecule has 1 unspecified atom stereocenters. The molecule has 0 aliphatic heterocycles. The monoisotopic (exact) mass is 270 g/mol. The number of benzene rings is 1. The summed E-state index contributed by atoms with van der Waals surface area (Å²) in [4.78, 5) is 0. The van der Waals surface area contributed by atoms with Crippen LogP contribution in [0.3, 0.4) is 0 Å². The van der Waals surface area contributed by atoms with Gasteiger partial charge >= 0.3 is 0 Å². The first-order chi connectivity index (χ1) is 7.79. The van der Waals surface area contributed by atoms with Crippen LogP contribution in [-0.2, 0) is 0 Å². The highest BCUT2D eigenvalue weighted by Gasteiger charge is 2.20. The van der Waals surface area contributed by atoms with Crippen LogP contribution in [0.25, 0.3) is 0 Å². The molecule has 0 bridgehead atoms. The van der Waals surface area contributed by atoms with E-state index in [4.69, 9.17) is 23.8 Å². The maximum atomic E-state index is 5.90. The lowest BCUT2D eigenvalue weighted by molar-refractivity contribution is 0.317. The van der Waals surface area contributed by atoms with E-state index in [0.29, 0.717) is 16.2 Å². The van der Waals surface area contributed by atoms with Gasteiger partial charge < -0.3 is 10.6 Å². The van der Waals surface area contributed by atoms with Crippen LogP contribution in [0, 0.1) is 5.41 Å². The molecular weight excluding hydrogens is 252 g/mol. The minimum absolute atomic E-state index is 0.167. The van der Waals surface area contributed by atoms with Crippen molar-refractivity contribution in [2.75, 3.05) is 5.32 Å². The Morgan fingerprint density at radius 1 is 1.35 bits per heavy atom. The molecule has 0 saturated carbocycles. The highest BCUT2D eigenvalue weighted by molar-refractivity contribution is 7.80. The van der Waals surface area contributed by atoms with Crippen molar-refractivity contribution in [2.45, 2.75) is 33.7 Å². The first-order valence-electron chi connectivity index (χ1n) is 5.62. The second-order valence-electron chi connectivity index (χ2n) is 5.20. The Labute approximate surface area is 114 Å². The van der Waals surface area contributed by atoms with Gasteiger partial charge in [0.1, 0.15) is 0 Å². The van der Waals surface area contributed by atoms with Crippen molar-refractivity contribution in [1.29, 1.82) is 0 Å². The molecule has 0 saturated heterocycles. The van der Waals surface area contributed by atoms with Crippen molar-refractivity contribution in [2.24, 2.45) is 5.41 Å². The van der Waals surface area contributed by atoms with Gasteiger partial charge in [0.05, 0.1) is 0 Å². The van der Waals surface area contributed by atoms with Crippen molar-refractivity contribution in [3.63, 3.8) is 0 Å². The molecule has 0 aliphatic rings. The van der Waals surface area contributed by atoms with Crippen LogP contribution >= 0.6 is 23.8 Å². The number of rotatable bonds is 2. The zero-order chi connectivity index (χ0) is 13.1. The lowest BCUT2D eigenvalue weighted by Crippen LogP contribution is -2.43. The summed E-state index contributed by atoms with van der Waals surface area (Å²) >= 11 is 11.2. The predicted octanol–water partition coefficient (Wildman–Crippen LogP) is 4.06. The number of hydrogen-bond acceptors (Lipinski definition) is 1.